The summed E-state index contributed by atoms with van der Waals surface area (Å²) in [5, 5.41) is 3.32. The number of hydrogen-bond acceptors (Lipinski definition) is 2. The van der Waals surface area contributed by atoms with E-state index < -0.39 is 0 Å². The molecule has 0 aromatic rings. The van der Waals surface area contributed by atoms with Crippen molar-refractivity contribution in [2.75, 3.05) is 13.1 Å². The third-order valence-corrected chi connectivity index (χ3v) is 1.66. The van der Waals surface area contributed by atoms with Crippen LogP contribution in [-0.4, -0.2) is 18.8 Å². The van der Waals surface area contributed by atoms with Crippen LogP contribution in [0.2, 0.25) is 0 Å². The van der Waals surface area contributed by atoms with Crippen molar-refractivity contribution < 1.29 is 0 Å². The Bertz CT molecular complexity index is 181. The van der Waals surface area contributed by atoms with Crippen LogP contribution < -0.4 is 5.32 Å². The molecule has 2 nitrogen and oxygen atoms in total. The molecule has 2 heteroatoms. The van der Waals surface area contributed by atoms with E-state index >= 15 is 0 Å². The summed E-state index contributed by atoms with van der Waals surface area (Å²) in [6.07, 6.45) is 4.38. The average Bonchev–Trinajstić information content (AvgIpc) is 2.11. The lowest BCUT2D eigenvalue weighted by Gasteiger charge is -2.03. The molecule has 0 aromatic heterocycles. The van der Waals surface area contributed by atoms with Gasteiger partial charge in [-0.3, -0.25) is 4.99 Å². The molecule has 0 amide bonds. The van der Waals surface area contributed by atoms with Gasteiger partial charge in [0.2, 0.25) is 0 Å². The molecule has 0 aliphatic heterocycles. The Balaban J connectivity index is 3.89. The lowest BCUT2D eigenvalue weighted by molar-refractivity contribution is 0.770. The minimum atomic E-state index is 0.934. The maximum absolute atomic E-state index is 4.39. The Kier molecular flexibility index (Phi) is 7.36. The molecule has 0 atom stereocenters. The van der Waals surface area contributed by atoms with Crippen LogP contribution >= 0.6 is 0 Å². The zero-order valence-electron chi connectivity index (χ0n) is 9.35. The van der Waals surface area contributed by atoms with Crippen LogP contribution in [0.1, 0.15) is 40.5 Å². The van der Waals surface area contributed by atoms with Gasteiger partial charge in [0.1, 0.15) is 0 Å². The highest BCUT2D eigenvalue weighted by atomic mass is 14.9. The fourth-order valence-corrected chi connectivity index (χ4v) is 1.02. The second-order valence-electron chi connectivity index (χ2n) is 3.28. The van der Waals surface area contributed by atoms with Crippen LogP contribution in [0.15, 0.2) is 16.8 Å². The molecule has 0 aromatic carbocycles. The van der Waals surface area contributed by atoms with Gasteiger partial charge in [0.15, 0.2) is 0 Å². The summed E-state index contributed by atoms with van der Waals surface area (Å²) in [7, 11) is 0. The Morgan fingerprint density at radius 3 is 2.46 bits per heavy atom. The molecule has 13 heavy (non-hydrogen) atoms. The monoisotopic (exact) mass is 182 g/mol. The van der Waals surface area contributed by atoms with Gasteiger partial charge in [-0.2, -0.15) is 0 Å². The molecule has 0 unspecified atom stereocenters. The summed E-state index contributed by atoms with van der Waals surface area (Å²) < 4.78 is 0. The van der Waals surface area contributed by atoms with Crippen LogP contribution in [0, 0.1) is 0 Å². The summed E-state index contributed by atoms with van der Waals surface area (Å²) in [6.45, 7) is 10.4. The molecular formula is C11H22N2. The normalized spacial score (nSPS) is 13.2. The molecule has 0 aliphatic carbocycles. The first-order valence-electron chi connectivity index (χ1n) is 5.13. The van der Waals surface area contributed by atoms with Gasteiger partial charge >= 0.3 is 0 Å². The highest BCUT2D eigenvalue weighted by Crippen LogP contribution is 1.91. The number of aliphatic imine (C=N–C) groups is 1. The second kappa shape index (κ2) is 7.84. The van der Waals surface area contributed by atoms with E-state index in [0.29, 0.717) is 0 Å². The van der Waals surface area contributed by atoms with E-state index in [-0.39, 0.29) is 0 Å². The van der Waals surface area contributed by atoms with Crippen molar-refractivity contribution in [3.05, 3.63) is 11.8 Å². The van der Waals surface area contributed by atoms with E-state index in [4.69, 9.17) is 0 Å². The zero-order valence-corrected chi connectivity index (χ0v) is 9.35. The zero-order chi connectivity index (χ0) is 10.1. The van der Waals surface area contributed by atoms with Crippen LogP contribution in [0.5, 0.6) is 0 Å². The summed E-state index contributed by atoms with van der Waals surface area (Å²) >= 11 is 0. The first-order valence-corrected chi connectivity index (χ1v) is 5.13. The molecule has 0 rings (SSSR count). The summed E-state index contributed by atoms with van der Waals surface area (Å²) in [4.78, 5) is 4.39. The van der Waals surface area contributed by atoms with Gasteiger partial charge in [0, 0.05) is 24.5 Å². The summed E-state index contributed by atoms with van der Waals surface area (Å²) in [5.74, 6) is 0. The summed E-state index contributed by atoms with van der Waals surface area (Å²) in [6, 6.07) is 0. The van der Waals surface area contributed by atoms with Crippen molar-refractivity contribution >= 4 is 5.71 Å². The van der Waals surface area contributed by atoms with Crippen molar-refractivity contribution in [2.24, 2.45) is 4.99 Å². The molecule has 0 fully saturated rings. The second-order valence-corrected chi connectivity index (χ2v) is 3.28. The standard InChI is InChI=1S/C11H22N2/c1-5-7-12-10(3)9-11(4)13-8-6-2/h9,12H,5-8H2,1-4H3/b10-9-,13-11-. The van der Waals surface area contributed by atoms with Gasteiger partial charge in [-0.05, 0) is 32.8 Å². The number of nitrogens with zero attached hydrogens (tertiary/aromatic N) is 1. The van der Waals surface area contributed by atoms with E-state index in [1.54, 1.807) is 0 Å². The van der Waals surface area contributed by atoms with Crippen LogP contribution in [0.3, 0.4) is 0 Å². The van der Waals surface area contributed by atoms with Crippen molar-refractivity contribution in [2.45, 2.75) is 40.5 Å². The minimum Gasteiger partial charge on any atom is -0.389 e. The van der Waals surface area contributed by atoms with Crippen LogP contribution in [-0.2, 0) is 0 Å². The van der Waals surface area contributed by atoms with Crippen molar-refractivity contribution in [1.82, 2.24) is 5.32 Å². The molecular weight excluding hydrogens is 160 g/mol. The fraction of sp³-hybridized carbons (Fsp3) is 0.727. The largest absolute Gasteiger partial charge is 0.389 e. The van der Waals surface area contributed by atoms with Gasteiger partial charge in [0.25, 0.3) is 0 Å². The van der Waals surface area contributed by atoms with Gasteiger partial charge in [-0.1, -0.05) is 13.8 Å². The first-order chi connectivity index (χ1) is 6.20. The highest BCUT2D eigenvalue weighted by molar-refractivity contribution is 5.93. The number of nitrogens with one attached hydrogen (secondary N) is 1. The van der Waals surface area contributed by atoms with Gasteiger partial charge < -0.3 is 5.32 Å². The smallest absolute Gasteiger partial charge is 0.0389 e. The molecule has 0 heterocycles. The number of allylic oxidation sites excluding steroid dienone is 2. The molecule has 0 radical (unpaired) electrons. The van der Waals surface area contributed by atoms with Crippen LogP contribution in [0.25, 0.3) is 0 Å². The molecule has 76 valence electrons. The molecule has 0 spiro atoms. The van der Waals surface area contributed by atoms with Gasteiger partial charge in [0.05, 0.1) is 0 Å². The number of rotatable bonds is 6. The Morgan fingerprint density at radius 1 is 1.23 bits per heavy atom. The number of hydrogen-bond donors (Lipinski definition) is 1. The van der Waals surface area contributed by atoms with Crippen molar-refractivity contribution in [3.8, 4) is 0 Å². The predicted octanol–water partition coefficient (Wildman–Crippen LogP) is 2.76. The van der Waals surface area contributed by atoms with E-state index in [1.807, 2.05) is 6.92 Å². The van der Waals surface area contributed by atoms with Gasteiger partial charge in [-0.25, -0.2) is 0 Å². The van der Waals surface area contributed by atoms with Gasteiger partial charge in [-0.15, -0.1) is 0 Å². The van der Waals surface area contributed by atoms with E-state index in [9.17, 15) is 0 Å². The van der Waals surface area contributed by atoms with E-state index in [1.165, 1.54) is 5.70 Å². The maximum Gasteiger partial charge on any atom is 0.0389 e. The molecule has 0 saturated carbocycles. The average molecular weight is 182 g/mol. The third kappa shape index (κ3) is 7.57. The Labute approximate surface area is 82.1 Å². The third-order valence-electron chi connectivity index (χ3n) is 1.66. The fourth-order valence-electron chi connectivity index (χ4n) is 1.02. The Morgan fingerprint density at radius 2 is 1.92 bits per heavy atom. The highest BCUT2D eigenvalue weighted by Gasteiger charge is 1.88. The predicted molar refractivity (Wildman–Crippen MR) is 60.3 cm³/mol. The molecule has 0 bridgehead atoms. The quantitative estimate of drug-likeness (QED) is 0.628. The van der Waals surface area contributed by atoms with Crippen molar-refractivity contribution in [1.29, 1.82) is 0 Å². The summed E-state index contributed by atoms with van der Waals surface area (Å²) in [5.41, 5.74) is 2.32. The maximum atomic E-state index is 4.39. The minimum absolute atomic E-state index is 0.934. The first kappa shape index (κ1) is 12.2. The Hall–Kier alpha value is -0.790. The topological polar surface area (TPSA) is 24.4 Å². The molecule has 1 N–H and O–H groups in total. The van der Waals surface area contributed by atoms with E-state index in [2.05, 4.69) is 37.2 Å². The lowest BCUT2D eigenvalue weighted by atomic mass is 10.3. The SMILES string of the molecule is CCC/N=C(C)\C=C(\C)NCCC. The van der Waals surface area contributed by atoms with Crippen molar-refractivity contribution in [3.63, 3.8) is 0 Å². The van der Waals surface area contributed by atoms with Crippen LogP contribution in [0.4, 0.5) is 0 Å². The molecule has 0 saturated heterocycles. The van der Waals surface area contributed by atoms with E-state index in [0.717, 1.165) is 31.6 Å². The molecule has 0 aliphatic rings. The lowest BCUT2D eigenvalue weighted by Crippen LogP contribution is -2.12.